The van der Waals surface area contributed by atoms with Crippen molar-refractivity contribution >= 4 is 25.8 Å². The van der Waals surface area contributed by atoms with Gasteiger partial charge >= 0.3 is 0 Å². The van der Waals surface area contributed by atoms with Gasteiger partial charge < -0.3 is 0 Å². The van der Waals surface area contributed by atoms with Crippen molar-refractivity contribution in [3.63, 3.8) is 0 Å². The van der Waals surface area contributed by atoms with Gasteiger partial charge in [-0.25, -0.2) is 8.42 Å². The number of hydrogen-bond donors (Lipinski definition) is 0. The summed E-state index contributed by atoms with van der Waals surface area (Å²) < 4.78 is 22.9. The third kappa shape index (κ3) is 3.32. The lowest BCUT2D eigenvalue weighted by Gasteiger charge is -2.18. The Balaban J connectivity index is 3.08. The van der Waals surface area contributed by atoms with Gasteiger partial charge in [0.1, 0.15) is 0 Å². The van der Waals surface area contributed by atoms with Crippen molar-refractivity contribution in [3.05, 3.63) is 29.8 Å². The van der Waals surface area contributed by atoms with Crippen LogP contribution in [0.2, 0.25) is 0 Å². The zero-order valence-electron chi connectivity index (χ0n) is 9.77. The minimum Gasteiger partial charge on any atom is -0.224 e. The predicted molar refractivity (Wildman–Crippen MR) is 70.9 cm³/mol. The molecule has 90 valence electrons. The van der Waals surface area contributed by atoms with Crippen LogP contribution in [-0.4, -0.2) is 20.0 Å². The fourth-order valence-electron chi connectivity index (χ4n) is 1.49. The first kappa shape index (κ1) is 13.7. The summed E-state index contributed by atoms with van der Waals surface area (Å²) in [7, 11) is -3.10. The molecule has 0 fully saturated rings. The normalized spacial score (nSPS) is 15.8. The largest absolute Gasteiger partial charge is 0.224 e. The summed E-state index contributed by atoms with van der Waals surface area (Å²) in [6, 6.07) is 7.21. The molecule has 2 unspecified atom stereocenters. The van der Waals surface area contributed by atoms with E-state index in [9.17, 15) is 8.42 Å². The second-order valence-electron chi connectivity index (χ2n) is 4.26. The molecule has 0 aliphatic heterocycles. The van der Waals surface area contributed by atoms with E-state index in [1.807, 2.05) is 12.1 Å². The molecule has 0 aromatic heterocycles. The molecular weight excluding hydrogens is 288 g/mol. The summed E-state index contributed by atoms with van der Waals surface area (Å²) >= 11 is 3.45. The van der Waals surface area contributed by atoms with Crippen LogP contribution in [0.5, 0.6) is 0 Å². The number of alkyl halides is 1. The van der Waals surface area contributed by atoms with Crippen LogP contribution in [0.3, 0.4) is 0 Å². The van der Waals surface area contributed by atoms with Crippen LogP contribution in [0, 0.1) is 5.92 Å². The summed E-state index contributed by atoms with van der Waals surface area (Å²) in [5.74, 6) is 0.830. The Morgan fingerprint density at radius 2 is 1.94 bits per heavy atom. The van der Waals surface area contributed by atoms with Crippen LogP contribution in [0.1, 0.15) is 25.3 Å². The van der Waals surface area contributed by atoms with Crippen molar-refractivity contribution in [3.8, 4) is 0 Å². The van der Waals surface area contributed by atoms with Gasteiger partial charge in [0.05, 0.1) is 4.90 Å². The Labute approximate surface area is 106 Å². The highest BCUT2D eigenvalue weighted by Crippen LogP contribution is 2.26. The molecule has 2 atom stereocenters. The van der Waals surface area contributed by atoms with Crippen LogP contribution in [0.4, 0.5) is 0 Å². The summed E-state index contributed by atoms with van der Waals surface area (Å²) in [6.07, 6.45) is 1.24. The van der Waals surface area contributed by atoms with Crippen molar-refractivity contribution in [1.82, 2.24) is 0 Å². The monoisotopic (exact) mass is 304 g/mol. The molecule has 0 saturated heterocycles. The SMILES string of the molecule is CC(CBr)C(C)c1cccc(S(C)(=O)=O)c1. The van der Waals surface area contributed by atoms with Gasteiger partial charge in [-0.15, -0.1) is 0 Å². The van der Waals surface area contributed by atoms with Gasteiger partial charge in [0.15, 0.2) is 9.84 Å². The van der Waals surface area contributed by atoms with Crippen molar-refractivity contribution in [1.29, 1.82) is 0 Å². The van der Waals surface area contributed by atoms with E-state index in [0.29, 0.717) is 16.7 Å². The average Bonchev–Trinajstić information content (AvgIpc) is 2.26. The van der Waals surface area contributed by atoms with E-state index >= 15 is 0 Å². The third-order valence-electron chi connectivity index (χ3n) is 2.91. The first-order chi connectivity index (χ1) is 7.36. The Hall–Kier alpha value is -0.350. The maximum Gasteiger partial charge on any atom is 0.175 e. The molecule has 16 heavy (non-hydrogen) atoms. The van der Waals surface area contributed by atoms with Crippen molar-refractivity contribution in [2.45, 2.75) is 24.7 Å². The molecule has 1 aromatic rings. The van der Waals surface area contributed by atoms with Gasteiger partial charge in [0.2, 0.25) is 0 Å². The summed E-state index contributed by atoms with van der Waals surface area (Å²) in [5.41, 5.74) is 1.08. The van der Waals surface area contributed by atoms with Gasteiger partial charge in [-0.2, -0.15) is 0 Å². The van der Waals surface area contributed by atoms with Crippen molar-refractivity contribution < 1.29 is 8.42 Å². The Morgan fingerprint density at radius 3 is 2.44 bits per heavy atom. The van der Waals surface area contributed by atoms with Crippen LogP contribution in [0.15, 0.2) is 29.2 Å². The molecule has 1 aromatic carbocycles. The van der Waals surface area contributed by atoms with Gasteiger partial charge in [0, 0.05) is 11.6 Å². The first-order valence-electron chi connectivity index (χ1n) is 5.22. The topological polar surface area (TPSA) is 34.1 Å². The number of hydrogen-bond acceptors (Lipinski definition) is 2. The minimum atomic E-state index is -3.10. The molecule has 0 heterocycles. The maximum absolute atomic E-state index is 11.4. The molecule has 0 bridgehead atoms. The first-order valence-corrected chi connectivity index (χ1v) is 8.23. The second kappa shape index (κ2) is 5.32. The molecule has 0 saturated carbocycles. The molecule has 0 amide bonds. The zero-order chi connectivity index (χ0) is 12.3. The smallest absolute Gasteiger partial charge is 0.175 e. The standard InChI is InChI=1S/C12H17BrO2S/c1-9(8-13)10(2)11-5-4-6-12(7-11)16(3,14)15/h4-7,9-10H,8H2,1-3H3. The molecule has 0 spiro atoms. The molecular formula is C12H17BrO2S. The van der Waals surface area contributed by atoms with E-state index in [-0.39, 0.29) is 0 Å². The van der Waals surface area contributed by atoms with E-state index in [1.54, 1.807) is 12.1 Å². The second-order valence-corrected chi connectivity index (χ2v) is 6.93. The number of benzene rings is 1. The summed E-state index contributed by atoms with van der Waals surface area (Å²) in [4.78, 5) is 0.402. The molecule has 1 rings (SSSR count). The quantitative estimate of drug-likeness (QED) is 0.800. The molecule has 0 aliphatic rings. The highest BCUT2D eigenvalue weighted by molar-refractivity contribution is 9.09. The average molecular weight is 305 g/mol. The van der Waals surface area contributed by atoms with E-state index < -0.39 is 9.84 Å². The van der Waals surface area contributed by atoms with Gasteiger partial charge in [-0.3, -0.25) is 0 Å². The van der Waals surface area contributed by atoms with Gasteiger partial charge in [-0.1, -0.05) is 41.9 Å². The molecule has 2 nitrogen and oxygen atoms in total. The molecule has 0 radical (unpaired) electrons. The van der Waals surface area contributed by atoms with E-state index in [0.717, 1.165) is 10.9 Å². The Kier molecular flexibility index (Phi) is 4.56. The van der Waals surface area contributed by atoms with Crippen LogP contribution in [0.25, 0.3) is 0 Å². The summed E-state index contributed by atoms with van der Waals surface area (Å²) in [6.45, 7) is 4.26. The molecule has 0 aliphatic carbocycles. The Morgan fingerprint density at radius 1 is 1.31 bits per heavy atom. The molecule has 0 N–H and O–H groups in total. The lowest BCUT2D eigenvalue weighted by atomic mass is 9.90. The van der Waals surface area contributed by atoms with E-state index in [4.69, 9.17) is 0 Å². The van der Waals surface area contributed by atoms with Crippen molar-refractivity contribution in [2.24, 2.45) is 5.92 Å². The van der Waals surface area contributed by atoms with Crippen molar-refractivity contribution in [2.75, 3.05) is 11.6 Å². The lowest BCUT2D eigenvalue weighted by Crippen LogP contribution is -2.08. The maximum atomic E-state index is 11.4. The number of rotatable bonds is 4. The predicted octanol–water partition coefficient (Wildman–Crippen LogP) is 3.22. The zero-order valence-corrected chi connectivity index (χ0v) is 12.2. The third-order valence-corrected chi connectivity index (χ3v) is 5.04. The van der Waals surface area contributed by atoms with E-state index in [1.165, 1.54) is 6.26 Å². The van der Waals surface area contributed by atoms with E-state index in [2.05, 4.69) is 29.8 Å². The Bertz CT molecular complexity index is 454. The highest BCUT2D eigenvalue weighted by Gasteiger charge is 2.15. The fraction of sp³-hybridized carbons (Fsp3) is 0.500. The van der Waals surface area contributed by atoms with Crippen LogP contribution in [-0.2, 0) is 9.84 Å². The van der Waals surface area contributed by atoms with Crippen LogP contribution < -0.4 is 0 Å². The minimum absolute atomic E-state index is 0.348. The highest BCUT2D eigenvalue weighted by atomic mass is 79.9. The number of halogens is 1. The fourth-order valence-corrected chi connectivity index (χ4v) is 2.73. The van der Waals surface area contributed by atoms with Crippen LogP contribution >= 0.6 is 15.9 Å². The van der Waals surface area contributed by atoms with Gasteiger partial charge in [0.25, 0.3) is 0 Å². The molecule has 4 heteroatoms. The summed E-state index contributed by atoms with van der Waals surface area (Å²) in [5, 5.41) is 0.914. The number of sulfone groups is 1. The van der Waals surface area contributed by atoms with Gasteiger partial charge in [-0.05, 0) is 29.5 Å². The lowest BCUT2D eigenvalue weighted by molar-refractivity contribution is 0.545.